The summed E-state index contributed by atoms with van der Waals surface area (Å²) in [6, 6.07) is 4.44. The first-order valence-corrected chi connectivity index (χ1v) is 5.10. The number of amides is 3. The van der Waals surface area contributed by atoms with Crippen LogP contribution < -0.4 is 16.5 Å². The summed E-state index contributed by atoms with van der Waals surface area (Å²) in [5.41, 5.74) is 8.24. The van der Waals surface area contributed by atoms with Crippen LogP contribution in [0.25, 0.3) is 0 Å². The maximum absolute atomic E-state index is 11.2. The van der Waals surface area contributed by atoms with Crippen LogP contribution in [0.2, 0.25) is 5.02 Å². The van der Waals surface area contributed by atoms with Gasteiger partial charge in [-0.15, -0.1) is 0 Å². The predicted octanol–water partition coefficient (Wildman–Crippen LogP) is 1.19. The van der Waals surface area contributed by atoms with E-state index >= 15 is 0 Å². The molecule has 0 aromatic heterocycles. The van der Waals surface area contributed by atoms with Gasteiger partial charge in [-0.3, -0.25) is 9.63 Å². The molecule has 0 heterocycles. The molecule has 17 heavy (non-hydrogen) atoms. The molecular formula is C10H12ClN3O3. The summed E-state index contributed by atoms with van der Waals surface area (Å²) in [7, 11) is 0. The lowest BCUT2D eigenvalue weighted by molar-refractivity contribution is -0.124. The Balaban J connectivity index is 2.45. The zero-order chi connectivity index (χ0) is 12.8. The Morgan fingerprint density at radius 3 is 2.76 bits per heavy atom. The Morgan fingerprint density at radius 1 is 1.47 bits per heavy atom. The summed E-state index contributed by atoms with van der Waals surface area (Å²) in [4.78, 5) is 26.1. The third-order valence-corrected chi connectivity index (χ3v) is 2.22. The lowest BCUT2D eigenvalue weighted by atomic mass is 10.2. The number of carbonyl (C=O) groups excluding carboxylic acids is 2. The molecule has 1 rings (SSSR count). The van der Waals surface area contributed by atoms with E-state index in [0.717, 1.165) is 5.56 Å². The number of anilines is 1. The van der Waals surface area contributed by atoms with Crippen molar-refractivity contribution in [2.24, 2.45) is 5.73 Å². The molecular weight excluding hydrogens is 246 g/mol. The zero-order valence-electron chi connectivity index (χ0n) is 9.12. The summed E-state index contributed by atoms with van der Waals surface area (Å²) < 4.78 is 0. The molecule has 0 bridgehead atoms. The molecule has 0 radical (unpaired) electrons. The molecule has 0 fully saturated rings. The first-order valence-electron chi connectivity index (χ1n) is 4.72. The molecule has 6 nitrogen and oxygen atoms in total. The van der Waals surface area contributed by atoms with Crippen LogP contribution in [0.5, 0.6) is 0 Å². The smallest absolute Gasteiger partial charge is 0.343 e. The number of hydroxylamine groups is 1. The van der Waals surface area contributed by atoms with Gasteiger partial charge in [0.25, 0.3) is 0 Å². The number of primary amides is 1. The summed E-state index contributed by atoms with van der Waals surface area (Å²) >= 11 is 5.88. The molecule has 0 aliphatic rings. The Hall–Kier alpha value is -1.79. The third-order valence-electron chi connectivity index (χ3n) is 1.81. The van der Waals surface area contributed by atoms with Crippen molar-refractivity contribution in [2.75, 3.05) is 11.9 Å². The van der Waals surface area contributed by atoms with Crippen LogP contribution in [-0.4, -0.2) is 18.5 Å². The van der Waals surface area contributed by atoms with E-state index < -0.39 is 11.9 Å². The van der Waals surface area contributed by atoms with E-state index in [1.54, 1.807) is 18.2 Å². The van der Waals surface area contributed by atoms with Gasteiger partial charge in [0.2, 0.25) is 5.91 Å². The van der Waals surface area contributed by atoms with E-state index in [0.29, 0.717) is 10.7 Å². The lowest BCUT2D eigenvalue weighted by Gasteiger charge is -2.07. The van der Waals surface area contributed by atoms with Gasteiger partial charge in [0.05, 0.1) is 0 Å². The topological polar surface area (TPSA) is 93.4 Å². The van der Waals surface area contributed by atoms with Gasteiger partial charge in [-0.25, -0.2) is 10.3 Å². The van der Waals surface area contributed by atoms with E-state index in [-0.39, 0.29) is 6.61 Å². The van der Waals surface area contributed by atoms with E-state index in [4.69, 9.17) is 17.3 Å². The quantitative estimate of drug-likeness (QED) is 0.707. The largest absolute Gasteiger partial charge is 0.368 e. The number of hydrogen-bond donors (Lipinski definition) is 3. The standard InChI is InChI=1S/C10H12ClN3O3/c1-6-2-3-7(4-8(6)11)13-10(16)14-17-5-9(12)15/h2-4H,5H2,1H3,(H2,12,15)(H2,13,14,16). The van der Waals surface area contributed by atoms with Crippen molar-refractivity contribution in [1.29, 1.82) is 0 Å². The van der Waals surface area contributed by atoms with Crippen molar-refractivity contribution >= 4 is 29.2 Å². The Labute approximate surface area is 103 Å². The zero-order valence-corrected chi connectivity index (χ0v) is 9.88. The number of benzene rings is 1. The van der Waals surface area contributed by atoms with Gasteiger partial charge < -0.3 is 11.1 Å². The number of nitrogens with two attached hydrogens (primary N) is 1. The first kappa shape index (κ1) is 13.3. The molecule has 0 aliphatic heterocycles. The Morgan fingerprint density at radius 2 is 2.18 bits per heavy atom. The van der Waals surface area contributed by atoms with E-state index in [2.05, 4.69) is 10.2 Å². The highest BCUT2D eigenvalue weighted by molar-refractivity contribution is 6.31. The molecule has 0 atom stereocenters. The van der Waals surface area contributed by atoms with Gasteiger partial charge >= 0.3 is 6.03 Å². The van der Waals surface area contributed by atoms with Crippen molar-refractivity contribution in [3.8, 4) is 0 Å². The second kappa shape index (κ2) is 6.07. The highest BCUT2D eigenvalue weighted by atomic mass is 35.5. The minimum Gasteiger partial charge on any atom is -0.368 e. The number of urea groups is 1. The molecule has 0 unspecified atom stereocenters. The van der Waals surface area contributed by atoms with Crippen molar-refractivity contribution in [3.05, 3.63) is 28.8 Å². The molecule has 0 saturated carbocycles. The molecule has 4 N–H and O–H groups in total. The Kier molecular flexibility index (Phi) is 4.74. The summed E-state index contributed by atoms with van der Waals surface area (Å²) in [5, 5.41) is 3.01. The van der Waals surface area contributed by atoms with E-state index in [1.807, 2.05) is 12.4 Å². The lowest BCUT2D eigenvalue weighted by Crippen LogP contribution is -2.32. The average molecular weight is 258 g/mol. The van der Waals surface area contributed by atoms with Crippen LogP contribution in [0.1, 0.15) is 5.56 Å². The average Bonchev–Trinajstić information content (AvgIpc) is 2.23. The minimum absolute atomic E-state index is 0.387. The fourth-order valence-corrected chi connectivity index (χ4v) is 1.18. The fourth-order valence-electron chi connectivity index (χ4n) is 1.000. The van der Waals surface area contributed by atoms with E-state index in [9.17, 15) is 9.59 Å². The molecule has 1 aromatic carbocycles. The van der Waals surface area contributed by atoms with Crippen LogP contribution in [0.4, 0.5) is 10.5 Å². The van der Waals surface area contributed by atoms with Crippen LogP contribution in [-0.2, 0) is 9.63 Å². The van der Waals surface area contributed by atoms with Crippen molar-refractivity contribution in [3.63, 3.8) is 0 Å². The van der Waals surface area contributed by atoms with Gasteiger partial charge in [0.15, 0.2) is 6.61 Å². The highest BCUT2D eigenvalue weighted by Crippen LogP contribution is 2.19. The molecule has 7 heteroatoms. The third kappa shape index (κ3) is 4.71. The maximum Gasteiger partial charge on any atom is 0.343 e. The molecule has 1 aromatic rings. The second-order valence-corrected chi connectivity index (χ2v) is 3.68. The van der Waals surface area contributed by atoms with Crippen molar-refractivity contribution in [1.82, 2.24) is 5.48 Å². The fraction of sp³-hybridized carbons (Fsp3) is 0.200. The monoisotopic (exact) mass is 257 g/mol. The van der Waals surface area contributed by atoms with E-state index in [1.165, 1.54) is 0 Å². The maximum atomic E-state index is 11.2. The first-order chi connectivity index (χ1) is 7.99. The van der Waals surface area contributed by atoms with Crippen LogP contribution >= 0.6 is 11.6 Å². The van der Waals surface area contributed by atoms with Gasteiger partial charge in [0.1, 0.15) is 0 Å². The van der Waals surface area contributed by atoms with Crippen molar-refractivity contribution < 1.29 is 14.4 Å². The van der Waals surface area contributed by atoms with Gasteiger partial charge in [-0.1, -0.05) is 17.7 Å². The van der Waals surface area contributed by atoms with Gasteiger partial charge in [-0.05, 0) is 24.6 Å². The van der Waals surface area contributed by atoms with Crippen LogP contribution in [0, 0.1) is 6.92 Å². The molecule has 0 aliphatic carbocycles. The molecule has 0 saturated heterocycles. The number of hydrogen-bond acceptors (Lipinski definition) is 3. The molecule has 92 valence electrons. The van der Waals surface area contributed by atoms with Crippen LogP contribution in [0.15, 0.2) is 18.2 Å². The Bertz CT molecular complexity index is 437. The summed E-state index contributed by atoms with van der Waals surface area (Å²) in [6.07, 6.45) is 0. The summed E-state index contributed by atoms with van der Waals surface area (Å²) in [6.45, 7) is 1.46. The van der Waals surface area contributed by atoms with Crippen LogP contribution in [0.3, 0.4) is 0 Å². The number of halogens is 1. The minimum atomic E-state index is -0.677. The highest BCUT2D eigenvalue weighted by Gasteiger charge is 2.04. The van der Waals surface area contributed by atoms with Gasteiger partial charge in [0, 0.05) is 10.7 Å². The predicted molar refractivity (Wildman–Crippen MR) is 63.5 cm³/mol. The number of aryl methyl sites for hydroxylation is 1. The number of carbonyl (C=O) groups is 2. The second-order valence-electron chi connectivity index (χ2n) is 3.28. The normalized spacial score (nSPS) is 9.76. The van der Waals surface area contributed by atoms with Crippen molar-refractivity contribution in [2.45, 2.75) is 6.92 Å². The molecule has 0 spiro atoms. The summed E-state index contributed by atoms with van der Waals surface area (Å²) in [5.74, 6) is -0.677. The molecule has 3 amide bonds. The SMILES string of the molecule is Cc1ccc(NC(=O)NOCC(N)=O)cc1Cl. The number of nitrogens with one attached hydrogen (secondary N) is 2. The number of rotatable bonds is 4. The van der Waals surface area contributed by atoms with Gasteiger partial charge in [-0.2, -0.15) is 0 Å².